The second-order valence-corrected chi connectivity index (χ2v) is 9.84. The van der Waals surface area contributed by atoms with Crippen LogP contribution in [-0.4, -0.2) is 48.9 Å². The van der Waals surface area contributed by atoms with E-state index in [1.165, 1.54) is 24.8 Å². The van der Waals surface area contributed by atoms with Gasteiger partial charge in [-0.2, -0.15) is 0 Å². The zero-order valence-electron chi connectivity index (χ0n) is 16.7. The van der Waals surface area contributed by atoms with Gasteiger partial charge in [-0.05, 0) is 58.7 Å². The third-order valence-corrected chi connectivity index (χ3v) is 6.32. The predicted octanol–water partition coefficient (Wildman–Crippen LogP) is 3.37. The molecule has 0 radical (unpaired) electrons. The Morgan fingerprint density at radius 3 is 2.44 bits per heavy atom. The molecule has 0 spiro atoms. The first kappa shape index (κ1) is 20.7. The standard InChI is InChI=1S/C20H35BNO2P/c1-16-8-6-13-22(16)14-7-15-23-18-11-9-17(10-12-18)21-24-19(2,3)20(4,5)25/h9-12,16,21H,6-8,13-15,25H2,1-5H3. The maximum absolute atomic E-state index is 6.12. The molecule has 1 saturated heterocycles. The fourth-order valence-corrected chi connectivity index (χ4v) is 3.00. The highest BCUT2D eigenvalue weighted by molar-refractivity contribution is 7.19. The summed E-state index contributed by atoms with van der Waals surface area (Å²) in [5, 5.41) is 0.0306. The summed E-state index contributed by atoms with van der Waals surface area (Å²) in [5.74, 6) is 0.948. The lowest BCUT2D eigenvalue weighted by atomic mass is 9.84. The van der Waals surface area contributed by atoms with Crippen molar-refractivity contribution in [2.24, 2.45) is 0 Å². The van der Waals surface area contributed by atoms with Crippen LogP contribution in [0, 0.1) is 0 Å². The number of hydrogen-bond donors (Lipinski definition) is 0. The van der Waals surface area contributed by atoms with Gasteiger partial charge in [-0.3, -0.25) is 0 Å². The SMILES string of the molecule is CC1CCCN1CCCOc1ccc(BOC(C)(C)C(C)(C)P)cc1. The van der Waals surface area contributed by atoms with Gasteiger partial charge in [-0.15, -0.1) is 9.24 Å². The number of nitrogens with zero attached hydrogens (tertiary/aromatic N) is 1. The molecule has 140 valence electrons. The molecule has 0 bridgehead atoms. The van der Waals surface area contributed by atoms with Crippen molar-refractivity contribution in [1.29, 1.82) is 0 Å². The van der Waals surface area contributed by atoms with Crippen LogP contribution in [0.2, 0.25) is 0 Å². The van der Waals surface area contributed by atoms with Gasteiger partial charge in [0, 0.05) is 17.7 Å². The van der Waals surface area contributed by atoms with E-state index >= 15 is 0 Å². The van der Waals surface area contributed by atoms with Gasteiger partial charge < -0.3 is 14.3 Å². The zero-order valence-corrected chi connectivity index (χ0v) is 17.8. The van der Waals surface area contributed by atoms with Gasteiger partial charge in [-0.25, -0.2) is 0 Å². The van der Waals surface area contributed by atoms with Gasteiger partial charge in [0.05, 0.1) is 12.2 Å². The molecule has 1 aliphatic rings. The van der Waals surface area contributed by atoms with E-state index in [4.69, 9.17) is 9.39 Å². The fourth-order valence-electron chi connectivity index (χ4n) is 2.91. The van der Waals surface area contributed by atoms with Gasteiger partial charge >= 0.3 is 7.48 Å². The van der Waals surface area contributed by atoms with Crippen LogP contribution in [0.3, 0.4) is 0 Å². The van der Waals surface area contributed by atoms with Crippen LogP contribution in [0.1, 0.15) is 53.9 Å². The van der Waals surface area contributed by atoms with Crippen LogP contribution in [-0.2, 0) is 4.65 Å². The molecule has 5 heteroatoms. The third-order valence-electron chi connectivity index (χ3n) is 5.62. The lowest BCUT2D eigenvalue weighted by Gasteiger charge is -2.39. The van der Waals surface area contributed by atoms with Crippen molar-refractivity contribution in [2.45, 2.75) is 70.7 Å². The summed E-state index contributed by atoms with van der Waals surface area (Å²) in [5.41, 5.74) is 0.986. The minimum atomic E-state index is -0.195. The first-order chi connectivity index (χ1) is 11.7. The Kier molecular flexibility index (Phi) is 7.37. The Hall–Kier alpha value is -0.565. The Labute approximate surface area is 157 Å². The predicted molar refractivity (Wildman–Crippen MR) is 113 cm³/mol. The largest absolute Gasteiger partial charge is 0.494 e. The van der Waals surface area contributed by atoms with Crippen LogP contribution in [0.5, 0.6) is 5.75 Å². The highest BCUT2D eigenvalue weighted by Gasteiger charge is 2.33. The molecule has 0 N–H and O–H groups in total. The van der Waals surface area contributed by atoms with Crippen molar-refractivity contribution in [3.63, 3.8) is 0 Å². The average molecular weight is 363 g/mol. The summed E-state index contributed by atoms with van der Waals surface area (Å²) < 4.78 is 12.0. The monoisotopic (exact) mass is 363 g/mol. The molecule has 2 rings (SSSR count). The van der Waals surface area contributed by atoms with Gasteiger partial charge in [0.1, 0.15) is 5.75 Å². The maximum atomic E-state index is 6.12. The van der Waals surface area contributed by atoms with E-state index in [2.05, 4.69) is 73.0 Å². The molecule has 25 heavy (non-hydrogen) atoms. The highest BCUT2D eigenvalue weighted by Crippen LogP contribution is 2.33. The first-order valence-electron chi connectivity index (χ1n) is 9.58. The molecule has 0 aromatic heterocycles. The molecule has 3 nitrogen and oxygen atoms in total. The molecule has 2 atom stereocenters. The quantitative estimate of drug-likeness (QED) is 0.382. The normalized spacial score (nSPS) is 19.2. The Morgan fingerprint density at radius 2 is 1.88 bits per heavy atom. The summed E-state index contributed by atoms with van der Waals surface area (Å²) in [6.45, 7) is 14.1. The molecule has 1 aromatic carbocycles. The molecule has 1 aromatic rings. The van der Waals surface area contributed by atoms with Crippen molar-refractivity contribution in [2.75, 3.05) is 19.7 Å². The molecular formula is C20H35BNO2P. The van der Waals surface area contributed by atoms with Gasteiger partial charge in [0.15, 0.2) is 0 Å². The third kappa shape index (κ3) is 6.27. The second kappa shape index (κ2) is 8.89. The average Bonchev–Trinajstić information content (AvgIpc) is 2.95. The Morgan fingerprint density at radius 1 is 1.20 bits per heavy atom. The summed E-state index contributed by atoms with van der Waals surface area (Å²) in [6.07, 6.45) is 3.78. The van der Waals surface area contributed by atoms with Crippen molar-refractivity contribution in [1.82, 2.24) is 4.90 Å². The molecule has 0 amide bonds. The lowest BCUT2D eigenvalue weighted by Crippen LogP contribution is -2.45. The number of ether oxygens (including phenoxy) is 1. The van der Waals surface area contributed by atoms with E-state index in [1.54, 1.807) is 0 Å². The minimum Gasteiger partial charge on any atom is -0.494 e. The van der Waals surface area contributed by atoms with E-state index in [0.29, 0.717) is 7.48 Å². The number of likely N-dealkylation sites (tertiary alicyclic amines) is 1. The molecule has 0 aliphatic carbocycles. The second-order valence-electron chi connectivity index (χ2n) is 8.39. The number of hydrogen-bond acceptors (Lipinski definition) is 3. The number of rotatable bonds is 9. The van der Waals surface area contributed by atoms with E-state index < -0.39 is 0 Å². The fraction of sp³-hybridized carbons (Fsp3) is 0.700. The maximum Gasteiger partial charge on any atom is 0.309 e. The molecule has 1 aliphatic heterocycles. The zero-order chi connectivity index (χ0) is 18.5. The van der Waals surface area contributed by atoms with Gasteiger partial charge in [0.2, 0.25) is 0 Å². The van der Waals surface area contributed by atoms with Crippen molar-refractivity contribution < 1.29 is 9.39 Å². The summed E-state index contributed by atoms with van der Waals surface area (Å²) >= 11 is 0. The van der Waals surface area contributed by atoms with Crippen LogP contribution in [0.25, 0.3) is 0 Å². The Bertz CT molecular complexity index is 527. The van der Waals surface area contributed by atoms with Gasteiger partial charge in [0.25, 0.3) is 0 Å². The molecule has 1 heterocycles. The van der Waals surface area contributed by atoms with Crippen molar-refractivity contribution in [3.05, 3.63) is 24.3 Å². The molecular weight excluding hydrogens is 328 g/mol. The highest BCUT2D eigenvalue weighted by atomic mass is 31.0. The van der Waals surface area contributed by atoms with E-state index in [1.807, 2.05) is 0 Å². The van der Waals surface area contributed by atoms with Crippen molar-refractivity contribution >= 4 is 22.2 Å². The minimum absolute atomic E-state index is 0.0306. The van der Waals surface area contributed by atoms with E-state index in [0.717, 1.165) is 31.4 Å². The van der Waals surface area contributed by atoms with E-state index in [-0.39, 0.29) is 10.8 Å². The Balaban J connectivity index is 1.71. The van der Waals surface area contributed by atoms with E-state index in [9.17, 15) is 0 Å². The number of benzene rings is 1. The summed E-state index contributed by atoms with van der Waals surface area (Å²) in [7, 11) is 3.50. The van der Waals surface area contributed by atoms with Gasteiger partial charge in [-0.1, -0.05) is 31.4 Å². The van der Waals surface area contributed by atoms with Crippen molar-refractivity contribution in [3.8, 4) is 5.75 Å². The topological polar surface area (TPSA) is 21.7 Å². The molecule has 2 unspecified atom stereocenters. The van der Waals surface area contributed by atoms with Crippen LogP contribution in [0.15, 0.2) is 24.3 Å². The first-order valence-corrected chi connectivity index (χ1v) is 10.2. The summed E-state index contributed by atoms with van der Waals surface area (Å²) in [6, 6.07) is 9.05. The molecule has 0 saturated carbocycles. The smallest absolute Gasteiger partial charge is 0.309 e. The van der Waals surface area contributed by atoms with Crippen LogP contribution < -0.4 is 10.2 Å². The van der Waals surface area contributed by atoms with Crippen LogP contribution in [0.4, 0.5) is 0 Å². The van der Waals surface area contributed by atoms with Crippen LogP contribution >= 0.6 is 9.24 Å². The summed E-state index contributed by atoms with van der Waals surface area (Å²) in [4.78, 5) is 2.57. The molecule has 1 fully saturated rings. The lowest BCUT2D eigenvalue weighted by molar-refractivity contribution is 0.0841.